The highest BCUT2D eigenvalue weighted by molar-refractivity contribution is 7.91. The van der Waals surface area contributed by atoms with E-state index in [1.54, 1.807) is 0 Å². The van der Waals surface area contributed by atoms with E-state index in [9.17, 15) is 17.2 Å². The number of sulfonamides is 1. The van der Waals surface area contributed by atoms with Gasteiger partial charge in [0.05, 0.1) is 9.36 Å². The van der Waals surface area contributed by atoms with Gasteiger partial charge in [0.1, 0.15) is 15.8 Å². The quantitative estimate of drug-likeness (QED) is 0.845. The Morgan fingerprint density at radius 3 is 2.45 bits per heavy atom. The average Bonchev–Trinajstić information content (AvgIpc) is 2.81. The molecule has 0 radical (unpaired) electrons. The molecule has 0 unspecified atom stereocenters. The molecular weight excluding hydrogens is 351 g/mol. The molecular formula is C11H7Cl2F2NO2S2. The molecule has 0 atom stereocenters. The summed E-state index contributed by atoms with van der Waals surface area (Å²) in [5.74, 6) is -1.86. The van der Waals surface area contributed by atoms with Gasteiger partial charge in [-0.2, -0.15) is 0 Å². The van der Waals surface area contributed by atoms with Crippen LogP contribution in [-0.2, 0) is 16.6 Å². The molecule has 2 rings (SSSR count). The highest BCUT2D eigenvalue weighted by Gasteiger charge is 2.19. The maximum atomic E-state index is 13.6. The number of thiophene rings is 1. The lowest BCUT2D eigenvalue weighted by molar-refractivity contribution is 0.545. The second kappa shape index (κ2) is 5.95. The minimum Gasteiger partial charge on any atom is -0.207 e. The first-order valence-electron chi connectivity index (χ1n) is 5.18. The lowest BCUT2D eigenvalue weighted by atomic mass is 10.2. The zero-order chi connectivity index (χ0) is 14.9. The Morgan fingerprint density at radius 1 is 1.15 bits per heavy atom. The summed E-state index contributed by atoms with van der Waals surface area (Å²) in [6, 6.07) is 4.75. The van der Waals surface area contributed by atoms with E-state index >= 15 is 0 Å². The predicted octanol–water partition coefficient (Wildman–Crippen LogP) is 3.81. The Bertz CT molecular complexity index is 747. The van der Waals surface area contributed by atoms with Crippen LogP contribution in [0, 0.1) is 11.6 Å². The third-order valence-corrected chi connectivity index (χ3v) is 5.81. The average molecular weight is 358 g/mol. The van der Waals surface area contributed by atoms with Crippen LogP contribution in [0.2, 0.25) is 9.36 Å². The fraction of sp³-hybridized carbons (Fsp3) is 0.0909. The van der Waals surface area contributed by atoms with Crippen molar-refractivity contribution >= 4 is 44.6 Å². The Hall–Kier alpha value is -0.730. The molecule has 1 N–H and O–H groups in total. The number of nitrogens with one attached hydrogen (secondary N) is 1. The van der Waals surface area contributed by atoms with E-state index in [-0.39, 0.29) is 9.23 Å². The normalized spacial score (nSPS) is 11.8. The first-order chi connectivity index (χ1) is 9.31. The molecule has 1 aromatic heterocycles. The summed E-state index contributed by atoms with van der Waals surface area (Å²) < 4.78 is 53.2. The standard InChI is InChI=1S/C11H7Cl2F2NO2S2/c12-7-1-2-8(14)6(11(7)15)5-16-20(17,18)10-4-3-9(13)19-10/h1-4,16H,5H2. The van der Waals surface area contributed by atoms with Gasteiger partial charge in [0, 0.05) is 12.1 Å². The zero-order valence-electron chi connectivity index (χ0n) is 9.66. The van der Waals surface area contributed by atoms with Crippen LogP contribution in [0.25, 0.3) is 0 Å². The largest absolute Gasteiger partial charge is 0.250 e. The van der Waals surface area contributed by atoms with Crippen molar-refractivity contribution in [3.8, 4) is 0 Å². The van der Waals surface area contributed by atoms with Crippen molar-refractivity contribution in [3.63, 3.8) is 0 Å². The van der Waals surface area contributed by atoms with Crippen molar-refractivity contribution in [2.45, 2.75) is 10.8 Å². The van der Waals surface area contributed by atoms with Crippen LogP contribution < -0.4 is 4.72 Å². The Kier molecular flexibility index (Phi) is 4.66. The number of hydrogen-bond acceptors (Lipinski definition) is 3. The molecule has 20 heavy (non-hydrogen) atoms. The van der Waals surface area contributed by atoms with E-state index < -0.39 is 33.8 Å². The third kappa shape index (κ3) is 3.29. The summed E-state index contributed by atoms with van der Waals surface area (Å²) in [6.07, 6.45) is 0. The van der Waals surface area contributed by atoms with E-state index in [2.05, 4.69) is 4.72 Å². The maximum Gasteiger partial charge on any atom is 0.250 e. The van der Waals surface area contributed by atoms with E-state index in [0.29, 0.717) is 4.34 Å². The highest BCUT2D eigenvalue weighted by Crippen LogP contribution is 2.26. The summed E-state index contributed by atoms with van der Waals surface area (Å²) in [5.41, 5.74) is -0.441. The van der Waals surface area contributed by atoms with Gasteiger partial charge in [0.15, 0.2) is 0 Å². The van der Waals surface area contributed by atoms with Crippen molar-refractivity contribution in [3.05, 3.63) is 50.8 Å². The van der Waals surface area contributed by atoms with Gasteiger partial charge in [0.25, 0.3) is 0 Å². The maximum absolute atomic E-state index is 13.6. The van der Waals surface area contributed by atoms with Gasteiger partial charge in [-0.3, -0.25) is 0 Å². The molecule has 3 nitrogen and oxygen atoms in total. The predicted molar refractivity (Wildman–Crippen MR) is 74.7 cm³/mol. The zero-order valence-corrected chi connectivity index (χ0v) is 12.8. The Balaban J connectivity index is 2.23. The van der Waals surface area contributed by atoms with Crippen molar-refractivity contribution in [1.29, 1.82) is 0 Å². The summed E-state index contributed by atoms with van der Waals surface area (Å²) in [7, 11) is -3.88. The fourth-order valence-corrected chi connectivity index (χ4v) is 4.11. The number of rotatable bonds is 4. The minimum absolute atomic E-state index is 0.0367. The highest BCUT2D eigenvalue weighted by atomic mass is 35.5. The summed E-state index contributed by atoms with van der Waals surface area (Å²) in [6.45, 7) is -0.546. The van der Waals surface area contributed by atoms with Gasteiger partial charge in [-0.1, -0.05) is 23.2 Å². The van der Waals surface area contributed by atoms with Crippen molar-refractivity contribution < 1.29 is 17.2 Å². The van der Waals surface area contributed by atoms with Gasteiger partial charge in [-0.05, 0) is 24.3 Å². The van der Waals surface area contributed by atoms with Crippen LogP contribution in [0.3, 0.4) is 0 Å². The SMILES string of the molecule is O=S(=O)(NCc1c(F)ccc(Cl)c1F)c1ccc(Cl)s1. The molecule has 0 aliphatic heterocycles. The molecule has 0 saturated carbocycles. The monoisotopic (exact) mass is 357 g/mol. The molecule has 1 aromatic carbocycles. The molecule has 0 aliphatic carbocycles. The number of hydrogen-bond donors (Lipinski definition) is 1. The third-order valence-electron chi connectivity index (χ3n) is 2.39. The van der Waals surface area contributed by atoms with Crippen LogP contribution in [0.1, 0.15) is 5.56 Å². The fourth-order valence-electron chi connectivity index (χ4n) is 1.41. The van der Waals surface area contributed by atoms with Gasteiger partial charge < -0.3 is 0 Å². The van der Waals surface area contributed by atoms with E-state index in [1.807, 2.05) is 0 Å². The Labute approximate surface area is 128 Å². The molecule has 0 amide bonds. The summed E-state index contributed by atoms with van der Waals surface area (Å²) in [4.78, 5) is 0. The van der Waals surface area contributed by atoms with Crippen molar-refractivity contribution in [2.75, 3.05) is 0 Å². The van der Waals surface area contributed by atoms with Crippen LogP contribution in [0.15, 0.2) is 28.5 Å². The van der Waals surface area contributed by atoms with Gasteiger partial charge in [-0.15, -0.1) is 11.3 Å². The topological polar surface area (TPSA) is 46.2 Å². The molecule has 2 aromatic rings. The summed E-state index contributed by atoms with van der Waals surface area (Å²) in [5, 5.41) is -0.278. The first kappa shape index (κ1) is 15.7. The van der Waals surface area contributed by atoms with E-state index in [0.717, 1.165) is 23.5 Å². The van der Waals surface area contributed by atoms with Crippen LogP contribution >= 0.6 is 34.5 Å². The van der Waals surface area contributed by atoms with E-state index in [4.69, 9.17) is 23.2 Å². The van der Waals surface area contributed by atoms with Gasteiger partial charge in [0.2, 0.25) is 10.0 Å². The van der Waals surface area contributed by atoms with Crippen LogP contribution in [0.5, 0.6) is 0 Å². The molecule has 0 spiro atoms. The van der Waals surface area contributed by atoms with Gasteiger partial charge >= 0.3 is 0 Å². The Morgan fingerprint density at radius 2 is 1.85 bits per heavy atom. The molecule has 0 saturated heterocycles. The molecule has 0 fully saturated rings. The molecule has 1 heterocycles. The second-order valence-corrected chi connectivity index (χ2v) is 7.82. The summed E-state index contributed by atoms with van der Waals surface area (Å²) >= 11 is 12.0. The van der Waals surface area contributed by atoms with Crippen molar-refractivity contribution in [2.24, 2.45) is 0 Å². The smallest absolute Gasteiger partial charge is 0.207 e. The van der Waals surface area contributed by atoms with E-state index in [1.165, 1.54) is 12.1 Å². The molecule has 0 aliphatic rings. The minimum atomic E-state index is -3.88. The molecule has 9 heteroatoms. The lowest BCUT2D eigenvalue weighted by Crippen LogP contribution is -2.23. The second-order valence-electron chi connectivity index (χ2n) is 3.70. The van der Waals surface area contributed by atoms with Crippen LogP contribution in [0.4, 0.5) is 8.78 Å². The first-order valence-corrected chi connectivity index (χ1v) is 8.24. The lowest BCUT2D eigenvalue weighted by Gasteiger charge is -2.08. The molecule has 0 bridgehead atoms. The number of halogens is 4. The van der Waals surface area contributed by atoms with Gasteiger partial charge in [-0.25, -0.2) is 21.9 Å². The number of benzene rings is 1. The molecule has 108 valence electrons. The van der Waals surface area contributed by atoms with Crippen molar-refractivity contribution in [1.82, 2.24) is 4.72 Å². The van der Waals surface area contributed by atoms with Crippen LogP contribution in [-0.4, -0.2) is 8.42 Å².